The number of hydrogen-bond acceptors (Lipinski definition) is 0. The van der Waals surface area contributed by atoms with Gasteiger partial charge in [0.05, 0.1) is 0 Å². The molecule has 49 heavy (non-hydrogen) atoms. The molecule has 1 unspecified atom stereocenters. The summed E-state index contributed by atoms with van der Waals surface area (Å²) in [7, 11) is 0. The van der Waals surface area contributed by atoms with E-state index in [9.17, 15) is 0 Å². The van der Waals surface area contributed by atoms with E-state index in [1.165, 1.54) is 78.9 Å². The van der Waals surface area contributed by atoms with Crippen molar-refractivity contribution in [3.05, 3.63) is 131 Å². The summed E-state index contributed by atoms with van der Waals surface area (Å²) in [5.74, 6) is 1.23. The van der Waals surface area contributed by atoms with Crippen LogP contribution in [-0.2, 0) is 28.8 Å². The second kappa shape index (κ2) is 19.4. The molecule has 0 radical (unpaired) electrons. The van der Waals surface area contributed by atoms with E-state index in [0.717, 1.165) is 0 Å². The summed E-state index contributed by atoms with van der Waals surface area (Å²) < 4.78 is 0. The molecule has 6 aromatic carbocycles. The molecular weight excluding hydrogens is 731 g/mol. The van der Waals surface area contributed by atoms with Gasteiger partial charge in [-0.15, -0.1) is 69.1 Å². The minimum atomic E-state index is 0. The molecule has 0 amide bonds. The first-order valence-electron chi connectivity index (χ1n) is 17.4. The number of halogens is 2. The Morgan fingerprint density at radius 1 is 0.694 bits per heavy atom. The molecular formula is C45H54Cl2SiZr-2. The third kappa shape index (κ3) is 11.7. The Bertz CT molecular complexity index is 1900. The molecule has 0 aromatic heterocycles. The Morgan fingerprint density at radius 2 is 1.16 bits per heavy atom. The molecule has 0 N–H and O–H groups in total. The van der Waals surface area contributed by atoms with Crippen molar-refractivity contribution in [3.8, 4) is 22.3 Å². The summed E-state index contributed by atoms with van der Waals surface area (Å²) >= 11 is 1.74. The zero-order chi connectivity index (χ0) is 34.3. The average molecular weight is 785 g/mol. The van der Waals surface area contributed by atoms with Crippen molar-refractivity contribution in [3.63, 3.8) is 0 Å². The van der Waals surface area contributed by atoms with E-state index in [1.807, 2.05) is 0 Å². The largest absolute Gasteiger partial charge is 1.00 e. The monoisotopic (exact) mass is 782 g/mol. The Hall–Kier alpha value is -2.22. The topological polar surface area (TPSA) is 0 Å². The van der Waals surface area contributed by atoms with Gasteiger partial charge in [-0.25, -0.2) is 0 Å². The van der Waals surface area contributed by atoms with Crippen molar-refractivity contribution >= 4 is 27.0 Å². The minimum Gasteiger partial charge on any atom is -1.00 e. The minimum absolute atomic E-state index is 0. The molecule has 0 aliphatic rings. The van der Waals surface area contributed by atoms with Gasteiger partial charge in [-0.05, 0) is 45.9 Å². The van der Waals surface area contributed by atoms with Crippen LogP contribution in [0.2, 0.25) is 13.1 Å². The van der Waals surface area contributed by atoms with E-state index in [2.05, 4.69) is 178 Å². The molecule has 0 spiro atoms. The maximum absolute atomic E-state index is 2.40. The molecule has 6 rings (SSSR count). The fourth-order valence-corrected chi connectivity index (χ4v) is 6.23. The van der Waals surface area contributed by atoms with Crippen molar-refractivity contribution in [2.45, 2.75) is 98.6 Å². The molecule has 0 saturated heterocycles. The molecule has 0 bridgehead atoms. The molecule has 0 nitrogen and oxygen atoms in total. The van der Waals surface area contributed by atoms with E-state index in [4.69, 9.17) is 0 Å². The summed E-state index contributed by atoms with van der Waals surface area (Å²) in [6.07, 6.45) is 2.50. The summed E-state index contributed by atoms with van der Waals surface area (Å²) in [6, 6.07) is 40.6. The molecule has 0 aliphatic heterocycles. The molecule has 0 saturated carbocycles. The zero-order valence-corrected chi connectivity index (χ0v) is 36.2. The number of fused-ring (bicyclic) bond motifs is 2. The van der Waals surface area contributed by atoms with Gasteiger partial charge in [-0.1, -0.05) is 134 Å². The molecule has 258 valence electrons. The van der Waals surface area contributed by atoms with E-state index in [1.54, 1.807) is 23.3 Å². The van der Waals surface area contributed by atoms with Crippen molar-refractivity contribution in [1.82, 2.24) is 0 Å². The van der Waals surface area contributed by atoms with Gasteiger partial charge in [0.15, 0.2) is 0 Å². The number of aryl methyl sites for hydroxylation is 1. The van der Waals surface area contributed by atoms with Crippen LogP contribution < -0.4 is 24.8 Å². The van der Waals surface area contributed by atoms with Crippen molar-refractivity contribution in [1.29, 1.82) is 0 Å². The van der Waals surface area contributed by atoms with Gasteiger partial charge in [-0.2, -0.15) is 12.1 Å². The van der Waals surface area contributed by atoms with Gasteiger partial charge < -0.3 is 24.8 Å². The predicted molar refractivity (Wildman–Crippen MR) is 208 cm³/mol. The Kier molecular flexibility index (Phi) is 17.0. The van der Waals surface area contributed by atoms with Crippen molar-refractivity contribution in [2.24, 2.45) is 0 Å². The van der Waals surface area contributed by atoms with Gasteiger partial charge in [-0.3, -0.25) is 0 Å². The van der Waals surface area contributed by atoms with Crippen molar-refractivity contribution < 1.29 is 48.1 Å². The Labute approximate surface area is 325 Å². The van der Waals surface area contributed by atoms with Crippen LogP contribution in [0.1, 0.15) is 95.4 Å². The van der Waals surface area contributed by atoms with Crippen LogP contribution in [0, 0.1) is 6.92 Å². The quantitative estimate of drug-likeness (QED) is 0.119. The van der Waals surface area contributed by atoms with Crippen LogP contribution in [0.25, 0.3) is 43.8 Å². The smallest absolute Gasteiger partial charge is 0.0132 e. The molecule has 1 atom stereocenters. The third-order valence-electron chi connectivity index (χ3n) is 8.91. The molecule has 0 aliphatic carbocycles. The number of rotatable bonds is 6. The predicted octanol–water partition coefficient (Wildman–Crippen LogP) is 7.88. The first kappa shape index (κ1) is 42.9. The standard InChI is InChI=1S/C23H27.C20H21.C2H6Si.2ClH.Zr/c1-5-7-17(4)21-14-20-8-6-9-22(23(20)15-21)19-12-10-18(11-13-19)16(2)3;1-14-12-16-6-5-7-18(19(16)13-14)15-8-10-17(11-9-15)20(2,3)4;1-3-2;;;/h6,8-17H,5,7H2,1-4H3;5-13H,1-4H3;1-2H3;2*1H;/q2*-1;;;;+2/p-2. The second-order valence-corrected chi connectivity index (χ2v) is 24.1. The number of benzene rings is 4. The van der Waals surface area contributed by atoms with Crippen LogP contribution in [0.15, 0.2) is 109 Å². The van der Waals surface area contributed by atoms with Gasteiger partial charge >= 0.3 is 41.9 Å². The van der Waals surface area contributed by atoms with E-state index >= 15 is 0 Å². The summed E-state index contributed by atoms with van der Waals surface area (Å²) in [6.45, 7) is 22.6. The molecule has 0 heterocycles. The van der Waals surface area contributed by atoms with E-state index < -0.39 is 0 Å². The average Bonchev–Trinajstić information content (AvgIpc) is 3.64. The Balaban J connectivity index is 0.000000298. The van der Waals surface area contributed by atoms with Gasteiger partial charge in [0.25, 0.3) is 0 Å². The summed E-state index contributed by atoms with van der Waals surface area (Å²) in [5.41, 5.74) is 11.3. The fraction of sp³-hybridized carbons (Fsp3) is 0.333. The maximum Gasteiger partial charge on any atom is -0.0132 e. The maximum atomic E-state index is 2.40. The first-order chi connectivity index (χ1) is 22.3. The summed E-state index contributed by atoms with van der Waals surface area (Å²) in [4.78, 5) is 0. The normalized spacial score (nSPS) is 11.5. The fourth-order valence-electron chi connectivity index (χ4n) is 6.23. The van der Waals surface area contributed by atoms with Crippen LogP contribution in [-0.4, -0.2) is 5.43 Å². The Morgan fingerprint density at radius 3 is 1.63 bits per heavy atom. The summed E-state index contributed by atoms with van der Waals surface area (Å²) in [5, 5.41) is 5.45. The van der Waals surface area contributed by atoms with Crippen molar-refractivity contribution in [2.75, 3.05) is 0 Å². The number of hydrogen-bond donors (Lipinski definition) is 0. The van der Waals surface area contributed by atoms with Gasteiger partial charge in [0.1, 0.15) is 0 Å². The molecule has 6 aromatic rings. The van der Waals surface area contributed by atoms with E-state index in [-0.39, 0.29) is 35.7 Å². The zero-order valence-electron chi connectivity index (χ0n) is 31.2. The first-order valence-corrected chi connectivity index (χ1v) is 23.6. The van der Waals surface area contributed by atoms with E-state index in [0.29, 0.717) is 11.8 Å². The molecule has 4 heteroatoms. The van der Waals surface area contributed by atoms with Gasteiger partial charge in [0.2, 0.25) is 0 Å². The van der Waals surface area contributed by atoms with Crippen LogP contribution in [0.4, 0.5) is 0 Å². The SMILES string of the molecule is CCCC(C)c1cc2c(-c3ccc(C(C)C)cc3)cccc2[cH-]1.C[Si](C)=[Zr+2].Cc1cc2c(-c3ccc(C(C)(C)C)cc3)cccc2[cH-]1.[Cl-].[Cl-]. The van der Waals surface area contributed by atoms with Crippen LogP contribution in [0.5, 0.6) is 0 Å². The van der Waals surface area contributed by atoms with Crippen LogP contribution >= 0.6 is 0 Å². The van der Waals surface area contributed by atoms with Gasteiger partial charge in [0, 0.05) is 0 Å². The third-order valence-corrected chi connectivity index (χ3v) is 8.91. The van der Waals surface area contributed by atoms with Crippen LogP contribution in [0.3, 0.4) is 0 Å². The second-order valence-electron chi connectivity index (χ2n) is 14.7. The molecule has 0 fully saturated rings.